The summed E-state index contributed by atoms with van der Waals surface area (Å²) < 4.78 is 0. The molecule has 3 nitrogen and oxygen atoms in total. The molecule has 0 bridgehead atoms. The minimum absolute atomic E-state index is 0.126. The fraction of sp³-hybridized carbons (Fsp3) is 0.923. The summed E-state index contributed by atoms with van der Waals surface area (Å²) in [5.41, 5.74) is -0.126. The van der Waals surface area contributed by atoms with Gasteiger partial charge >= 0.3 is 0 Å². The van der Waals surface area contributed by atoms with E-state index in [2.05, 4.69) is 24.1 Å². The highest BCUT2D eigenvalue weighted by Gasteiger charge is 2.39. The van der Waals surface area contributed by atoms with Gasteiger partial charge in [0.25, 0.3) is 0 Å². The summed E-state index contributed by atoms with van der Waals surface area (Å²) >= 11 is 0. The highest BCUT2D eigenvalue weighted by molar-refractivity contribution is 5.83. The lowest BCUT2D eigenvalue weighted by Crippen LogP contribution is -2.47. The lowest BCUT2D eigenvalue weighted by Gasteiger charge is -2.36. The summed E-state index contributed by atoms with van der Waals surface area (Å²) in [6, 6.07) is 0. The first kappa shape index (κ1) is 11.9. The van der Waals surface area contributed by atoms with Crippen molar-refractivity contribution in [2.24, 2.45) is 11.3 Å². The van der Waals surface area contributed by atoms with Crippen LogP contribution in [-0.2, 0) is 4.79 Å². The first-order chi connectivity index (χ1) is 7.65. The molecule has 1 unspecified atom stereocenters. The number of likely N-dealkylation sites (tertiary alicyclic amines) is 1. The van der Waals surface area contributed by atoms with E-state index in [-0.39, 0.29) is 5.41 Å². The molecule has 3 heteroatoms. The molecule has 16 heavy (non-hydrogen) atoms. The van der Waals surface area contributed by atoms with Crippen molar-refractivity contribution in [3.8, 4) is 0 Å². The maximum absolute atomic E-state index is 12.4. The normalized spacial score (nSPS) is 32.0. The number of amides is 1. The largest absolute Gasteiger partial charge is 0.342 e. The van der Waals surface area contributed by atoms with Crippen molar-refractivity contribution in [3.05, 3.63) is 0 Å². The molecule has 1 atom stereocenters. The fourth-order valence-corrected chi connectivity index (χ4v) is 2.93. The number of rotatable bonds is 2. The minimum Gasteiger partial charge on any atom is -0.342 e. The van der Waals surface area contributed by atoms with Crippen LogP contribution in [0.25, 0.3) is 0 Å². The van der Waals surface area contributed by atoms with Crippen LogP contribution in [0.3, 0.4) is 0 Å². The number of carbonyl (C=O) groups is 1. The van der Waals surface area contributed by atoms with Crippen LogP contribution in [0.4, 0.5) is 0 Å². The third kappa shape index (κ3) is 2.24. The summed E-state index contributed by atoms with van der Waals surface area (Å²) in [7, 11) is 0. The Kier molecular flexibility index (Phi) is 3.53. The Bertz CT molecular complexity index is 251. The average molecular weight is 224 g/mol. The zero-order valence-corrected chi connectivity index (χ0v) is 10.6. The van der Waals surface area contributed by atoms with Gasteiger partial charge in [0.15, 0.2) is 0 Å². The molecule has 0 aromatic heterocycles. The van der Waals surface area contributed by atoms with Crippen molar-refractivity contribution in [1.29, 1.82) is 0 Å². The SMILES string of the molecule is CCC1CCN(C(=O)C2(C)CCNC2)CC1. The van der Waals surface area contributed by atoms with Gasteiger partial charge < -0.3 is 10.2 Å². The van der Waals surface area contributed by atoms with Crippen molar-refractivity contribution in [1.82, 2.24) is 10.2 Å². The number of hydrogen-bond acceptors (Lipinski definition) is 2. The molecule has 0 saturated carbocycles. The monoisotopic (exact) mass is 224 g/mol. The van der Waals surface area contributed by atoms with Gasteiger partial charge in [0.1, 0.15) is 0 Å². The Labute approximate surface area is 98.6 Å². The van der Waals surface area contributed by atoms with Crippen molar-refractivity contribution in [2.45, 2.75) is 39.5 Å². The summed E-state index contributed by atoms with van der Waals surface area (Å²) in [5, 5.41) is 3.31. The molecule has 0 aromatic rings. The van der Waals surface area contributed by atoms with Crippen LogP contribution in [0, 0.1) is 11.3 Å². The highest BCUT2D eigenvalue weighted by Crippen LogP contribution is 2.30. The summed E-state index contributed by atoms with van der Waals surface area (Å²) in [6.07, 6.45) is 4.66. The standard InChI is InChI=1S/C13H24N2O/c1-3-11-4-8-15(9-5-11)12(16)13(2)6-7-14-10-13/h11,14H,3-10H2,1-2H3. The van der Waals surface area contributed by atoms with E-state index in [1.807, 2.05) is 0 Å². The number of piperidine rings is 1. The zero-order chi connectivity index (χ0) is 11.6. The molecule has 0 spiro atoms. The molecular weight excluding hydrogens is 200 g/mol. The molecular formula is C13H24N2O. The molecule has 2 fully saturated rings. The van der Waals surface area contributed by atoms with Gasteiger partial charge in [-0.25, -0.2) is 0 Å². The van der Waals surface area contributed by atoms with E-state index in [4.69, 9.17) is 0 Å². The van der Waals surface area contributed by atoms with E-state index in [0.717, 1.165) is 38.5 Å². The van der Waals surface area contributed by atoms with Crippen LogP contribution in [0.5, 0.6) is 0 Å². The van der Waals surface area contributed by atoms with Gasteiger partial charge in [-0.15, -0.1) is 0 Å². The maximum Gasteiger partial charge on any atom is 0.229 e. The Hall–Kier alpha value is -0.570. The zero-order valence-electron chi connectivity index (χ0n) is 10.6. The molecule has 2 rings (SSSR count). The Morgan fingerprint density at radius 1 is 1.44 bits per heavy atom. The van der Waals surface area contributed by atoms with Gasteiger partial charge in [-0.3, -0.25) is 4.79 Å². The second-order valence-corrected chi connectivity index (χ2v) is 5.63. The van der Waals surface area contributed by atoms with E-state index in [1.165, 1.54) is 19.3 Å². The number of carbonyl (C=O) groups excluding carboxylic acids is 1. The molecule has 2 aliphatic heterocycles. The first-order valence-electron chi connectivity index (χ1n) is 6.66. The molecule has 1 amide bonds. The van der Waals surface area contributed by atoms with Crippen molar-refractivity contribution in [3.63, 3.8) is 0 Å². The van der Waals surface area contributed by atoms with Gasteiger partial charge in [-0.1, -0.05) is 13.3 Å². The van der Waals surface area contributed by atoms with Gasteiger partial charge in [0, 0.05) is 19.6 Å². The first-order valence-corrected chi connectivity index (χ1v) is 6.66. The van der Waals surface area contributed by atoms with E-state index < -0.39 is 0 Å². The van der Waals surface area contributed by atoms with E-state index in [1.54, 1.807) is 0 Å². The summed E-state index contributed by atoms with van der Waals surface area (Å²) in [4.78, 5) is 14.5. The quantitative estimate of drug-likeness (QED) is 0.773. The van der Waals surface area contributed by atoms with Crippen LogP contribution in [0.15, 0.2) is 0 Å². The lowest BCUT2D eigenvalue weighted by molar-refractivity contribution is -0.141. The maximum atomic E-state index is 12.4. The van der Waals surface area contributed by atoms with Crippen molar-refractivity contribution in [2.75, 3.05) is 26.2 Å². The van der Waals surface area contributed by atoms with Gasteiger partial charge in [0.2, 0.25) is 5.91 Å². The second kappa shape index (κ2) is 4.74. The van der Waals surface area contributed by atoms with Crippen LogP contribution >= 0.6 is 0 Å². The highest BCUT2D eigenvalue weighted by atomic mass is 16.2. The Morgan fingerprint density at radius 3 is 2.62 bits per heavy atom. The molecule has 2 aliphatic rings. The summed E-state index contributed by atoms with van der Waals surface area (Å²) in [6.45, 7) is 8.18. The molecule has 0 radical (unpaired) electrons. The predicted octanol–water partition coefficient (Wildman–Crippen LogP) is 1.63. The third-order valence-corrected chi connectivity index (χ3v) is 4.36. The smallest absolute Gasteiger partial charge is 0.229 e. The van der Waals surface area contributed by atoms with Crippen LogP contribution in [-0.4, -0.2) is 37.0 Å². The van der Waals surface area contributed by atoms with E-state index >= 15 is 0 Å². The van der Waals surface area contributed by atoms with Gasteiger partial charge in [-0.05, 0) is 38.6 Å². The molecule has 0 aliphatic carbocycles. The Balaban J connectivity index is 1.91. The average Bonchev–Trinajstić information content (AvgIpc) is 2.77. The van der Waals surface area contributed by atoms with Crippen LogP contribution in [0.1, 0.15) is 39.5 Å². The second-order valence-electron chi connectivity index (χ2n) is 5.63. The molecule has 0 aromatic carbocycles. The number of nitrogens with zero attached hydrogens (tertiary/aromatic N) is 1. The van der Waals surface area contributed by atoms with Crippen LogP contribution in [0.2, 0.25) is 0 Å². The molecule has 1 N–H and O–H groups in total. The Morgan fingerprint density at radius 2 is 2.12 bits per heavy atom. The molecule has 92 valence electrons. The minimum atomic E-state index is -0.126. The van der Waals surface area contributed by atoms with Crippen molar-refractivity contribution < 1.29 is 4.79 Å². The van der Waals surface area contributed by atoms with E-state index in [9.17, 15) is 4.79 Å². The predicted molar refractivity (Wildman–Crippen MR) is 65.2 cm³/mol. The third-order valence-electron chi connectivity index (χ3n) is 4.36. The van der Waals surface area contributed by atoms with Gasteiger partial charge in [-0.2, -0.15) is 0 Å². The lowest BCUT2D eigenvalue weighted by atomic mass is 9.86. The summed E-state index contributed by atoms with van der Waals surface area (Å²) in [5.74, 6) is 1.23. The fourth-order valence-electron chi connectivity index (χ4n) is 2.93. The number of hydrogen-bond donors (Lipinski definition) is 1. The molecule has 2 heterocycles. The van der Waals surface area contributed by atoms with E-state index in [0.29, 0.717) is 5.91 Å². The molecule has 2 saturated heterocycles. The van der Waals surface area contributed by atoms with Crippen LogP contribution < -0.4 is 5.32 Å². The topological polar surface area (TPSA) is 32.3 Å². The number of nitrogens with one attached hydrogen (secondary N) is 1. The van der Waals surface area contributed by atoms with Gasteiger partial charge in [0.05, 0.1) is 5.41 Å². The van der Waals surface area contributed by atoms with Crippen molar-refractivity contribution >= 4 is 5.91 Å².